The number of amides is 1. The summed E-state index contributed by atoms with van der Waals surface area (Å²) >= 11 is 12.7. The van der Waals surface area contributed by atoms with E-state index in [4.69, 9.17) is 23.2 Å². The Balaban J connectivity index is 1.64. The Hall–Kier alpha value is -3.54. The number of nitrogens with one attached hydrogen (secondary N) is 1. The second-order valence-electron chi connectivity index (χ2n) is 8.84. The molecule has 1 atom stereocenters. The van der Waals surface area contributed by atoms with E-state index in [1.165, 1.54) is 0 Å². The average molecular weight is 502 g/mol. The van der Waals surface area contributed by atoms with Crippen LogP contribution in [0.15, 0.2) is 88.9 Å². The summed E-state index contributed by atoms with van der Waals surface area (Å²) in [5, 5.41) is 4.63. The number of hydrogen-bond donors (Lipinski definition) is 1. The predicted molar refractivity (Wildman–Crippen MR) is 142 cm³/mol. The molecule has 3 heterocycles. The number of nitrogens with zero attached hydrogens (tertiary/aromatic N) is 2. The number of allylic oxidation sites excluding steroid dienone is 1. The zero-order valence-corrected chi connectivity index (χ0v) is 20.4. The Morgan fingerprint density at radius 3 is 2.49 bits per heavy atom. The molecular formula is C28H21Cl2N3O2. The second kappa shape index (κ2) is 8.29. The molecule has 1 unspecified atom stereocenters. The standard InChI is InChI=1S/C28H21Cl2N3O2/c1-16-23(27(35)31-20-8-3-2-4-9-20)24(17-6-5-7-18(29)14-17)25-26(34)21-15-19(30)10-11-22(21)33-13-12-32(16)28(25)33/h2-11,14-15,24H,12-13H2,1H3,(H,31,35). The van der Waals surface area contributed by atoms with Crippen molar-refractivity contribution in [1.29, 1.82) is 0 Å². The number of rotatable bonds is 3. The molecule has 0 spiro atoms. The maximum Gasteiger partial charge on any atom is 0.254 e. The number of pyridine rings is 1. The summed E-state index contributed by atoms with van der Waals surface area (Å²) in [4.78, 5) is 30.0. The minimum absolute atomic E-state index is 0.122. The number of halogens is 2. The van der Waals surface area contributed by atoms with Gasteiger partial charge in [0.1, 0.15) is 5.82 Å². The van der Waals surface area contributed by atoms with Crippen LogP contribution in [0.25, 0.3) is 10.9 Å². The van der Waals surface area contributed by atoms with Crippen LogP contribution in [-0.2, 0) is 11.3 Å². The van der Waals surface area contributed by atoms with E-state index >= 15 is 0 Å². The Morgan fingerprint density at radius 2 is 1.71 bits per heavy atom. The van der Waals surface area contributed by atoms with Gasteiger partial charge in [0.05, 0.1) is 11.1 Å². The molecule has 5 nitrogen and oxygen atoms in total. The average Bonchev–Trinajstić information content (AvgIpc) is 3.29. The van der Waals surface area contributed by atoms with Gasteiger partial charge in [-0.25, -0.2) is 0 Å². The molecule has 3 aromatic carbocycles. The Kier molecular flexibility index (Phi) is 5.20. The molecule has 0 radical (unpaired) electrons. The first kappa shape index (κ1) is 22.0. The van der Waals surface area contributed by atoms with Crippen molar-refractivity contribution in [2.24, 2.45) is 0 Å². The first-order chi connectivity index (χ1) is 16.9. The Morgan fingerprint density at radius 1 is 0.943 bits per heavy atom. The number of para-hydroxylation sites is 1. The molecule has 0 saturated carbocycles. The van der Waals surface area contributed by atoms with Gasteiger partial charge in [0.2, 0.25) is 0 Å². The Bertz CT molecular complexity index is 1610. The van der Waals surface area contributed by atoms with Gasteiger partial charge in [0, 0.05) is 51.4 Å². The number of carbonyl (C=O) groups excluding carboxylic acids is 1. The van der Waals surface area contributed by atoms with Gasteiger partial charge in [0.15, 0.2) is 5.43 Å². The lowest BCUT2D eigenvalue weighted by Gasteiger charge is -2.35. The van der Waals surface area contributed by atoms with Gasteiger partial charge in [-0.1, -0.05) is 53.5 Å². The van der Waals surface area contributed by atoms with Crippen molar-refractivity contribution in [3.63, 3.8) is 0 Å². The molecule has 1 amide bonds. The fraction of sp³-hybridized carbons (Fsp3) is 0.143. The maximum atomic E-state index is 14.1. The fourth-order valence-corrected chi connectivity index (χ4v) is 5.75. The molecule has 7 heteroatoms. The maximum absolute atomic E-state index is 14.1. The van der Waals surface area contributed by atoms with Crippen LogP contribution in [0, 0.1) is 0 Å². The molecule has 35 heavy (non-hydrogen) atoms. The van der Waals surface area contributed by atoms with Crippen molar-refractivity contribution in [3.8, 4) is 0 Å². The Labute approximate surface area is 212 Å². The van der Waals surface area contributed by atoms with E-state index < -0.39 is 5.92 Å². The van der Waals surface area contributed by atoms with E-state index in [-0.39, 0.29) is 11.3 Å². The van der Waals surface area contributed by atoms with Crippen molar-refractivity contribution in [2.45, 2.75) is 19.4 Å². The highest BCUT2D eigenvalue weighted by atomic mass is 35.5. The van der Waals surface area contributed by atoms with Crippen LogP contribution in [0.2, 0.25) is 10.0 Å². The molecule has 1 N–H and O–H groups in total. The molecule has 0 saturated heterocycles. The van der Waals surface area contributed by atoms with Crippen molar-refractivity contribution >= 4 is 51.5 Å². The lowest BCUT2D eigenvalue weighted by atomic mass is 9.80. The third-order valence-corrected chi connectivity index (χ3v) is 7.34. The van der Waals surface area contributed by atoms with E-state index in [1.54, 1.807) is 18.2 Å². The van der Waals surface area contributed by atoms with Crippen LogP contribution in [0.4, 0.5) is 11.5 Å². The molecule has 174 valence electrons. The van der Waals surface area contributed by atoms with Crippen molar-refractivity contribution < 1.29 is 4.79 Å². The lowest BCUT2D eigenvalue weighted by Crippen LogP contribution is -2.36. The molecule has 0 bridgehead atoms. The summed E-state index contributed by atoms with van der Waals surface area (Å²) in [6, 6.07) is 22.1. The van der Waals surface area contributed by atoms with E-state index in [0.29, 0.717) is 45.3 Å². The van der Waals surface area contributed by atoms with Crippen LogP contribution in [0.3, 0.4) is 0 Å². The van der Waals surface area contributed by atoms with Crippen LogP contribution in [0.1, 0.15) is 24.0 Å². The molecule has 2 aliphatic heterocycles. The van der Waals surface area contributed by atoms with Crippen LogP contribution in [0.5, 0.6) is 0 Å². The third-order valence-electron chi connectivity index (χ3n) is 6.87. The van der Waals surface area contributed by atoms with Crippen LogP contribution < -0.4 is 15.6 Å². The molecule has 4 aromatic rings. The summed E-state index contributed by atoms with van der Waals surface area (Å²) < 4.78 is 2.16. The number of carbonyl (C=O) groups is 1. The second-order valence-corrected chi connectivity index (χ2v) is 9.71. The van der Waals surface area contributed by atoms with Gasteiger partial charge in [-0.05, 0) is 55.0 Å². The minimum Gasteiger partial charge on any atom is -0.329 e. The van der Waals surface area contributed by atoms with Gasteiger partial charge < -0.3 is 14.8 Å². The normalized spacial score (nSPS) is 16.5. The van der Waals surface area contributed by atoms with E-state index in [2.05, 4.69) is 14.8 Å². The monoisotopic (exact) mass is 501 g/mol. The number of benzene rings is 3. The summed E-state index contributed by atoms with van der Waals surface area (Å²) in [5.41, 5.74) is 4.15. The first-order valence-electron chi connectivity index (χ1n) is 11.4. The zero-order chi connectivity index (χ0) is 24.3. The lowest BCUT2D eigenvalue weighted by molar-refractivity contribution is -0.113. The van der Waals surface area contributed by atoms with E-state index in [1.807, 2.05) is 61.5 Å². The van der Waals surface area contributed by atoms with Gasteiger partial charge in [0.25, 0.3) is 5.91 Å². The van der Waals surface area contributed by atoms with Gasteiger partial charge in [-0.15, -0.1) is 0 Å². The molecule has 0 aliphatic carbocycles. The summed E-state index contributed by atoms with van der Waals surface area (Å²) in [6.07, 6.45) is 0. The number of hydrogen-bond acceptors (Lipinski definition) is 3. The van der Waals surface area contributed by atoms with Crippen molar-refractivity contribution in [1.82, 2.24) is 4.57 Å². The highest BCUT2D eigenvalue weighted by Crippen LogP contribution is 2.47. The number of anilines is 2. The van der Waals surface area contributed by atoms with Crippen molar-refractivity contribution in [2.75, 3.05) is 16.8 Å². The van der Waals surface area contributed by atoms with Gasteiger partial charge in [-0.3, -0.25) is 9.59 Å². The van der Waals surface area contributed by atoms with Crippen molar-refractivity contribution in [3.05, 3.63) is 115 Å². The van der Waals surface area contributed by atoms with Crippen LogP contribution >= 0.6 is 23.2 Å². The minimum atomic E-state index is -0.580. The van der Waals surface area contributed by atoms with Crippen LogP contribution in [-0.4, -0.2) is 17.0 Å². The fourth-order valence-electron chi connectivity index (χ4n) is 5.38. The highest BCUT2D eigenvalue weighted by Gasteiger charge is 2.41. The topological polar surface area (TPSA) is 54.3 Å². The summed E-state index contributed by atoms with van der Waals surface area (Å²) in [7, 11) is 0. The molecule has 2 aliphatic rings. The third kappa shape index (κ3) is 3.46. The molecule has 6 rings (SSSR count). The number of aromatic nitrogens is 1. The summed E-state index contributed by atoms with van der Waals surface area (Å²) in [6.45, 7) is 3.32. The zero-order valence-electron chi connectivity index (χ0n) is 18.9. The first-order valence-corrected chi connectivity index (χ1v) is 12.2. The number of fused-ring (bicyclic) bond motifs is 2. The SMILES string of the molecule is CC1=C(C(=O)Nc2ccccc2)C(c2cccc(Cl)c2)c2c3n(c4ccc(Cl)cc4c2=O)CCN13. The van der Waals surface area contributed by atoms with E-state index in [9.17, 15) is 9.59 Å². The quantitative estimate of drug-likeness (QED) is 0.364. The summed E-state index contributed by atoms with van der Waals surface area (Å²) in [5.74, 6) is 0.0146. The van der Waals surface area contributed by atoms with E-state index in [0.717, 1.165) is 22.6 Å². The molecular weight excluding hydrogens is 481 g/mol. The predicted octanol–water partition coefficient (Wildman–Crippen LogP) is 6.19. The smallest absolute Gasteiger partial charge is 0.254 e. The highest BCUT2D eigenvalue weighted by molar-refractivity contribution is 6.31. The van der Waals surface area contributed by atoms with Gasteiger partial charge in [-0.2, -0.15) is 0 Å². The largest absolute Gasteiger partial charge is 0.329 e. The molecule has 0 fully saturated rings. The molecule has 1 aromatic heterocycles. The van der Waals surface area contributed by atoms with Gasteiger partial charge >= 0.3 is 0 Å².